The maximum absolute atomic E-state index is 13.4. The predicted molar refractivity (Wildman–Crippen MR) is 158 cm³/mol. The summed E-state index contributed by atoms with van der Waals surface area (Å²) >= 11 is 0. The van der Waals surface area contributed by atoms with E-state index in [1.807, 2.05) is 30.3 Å². The van der Waals surface area contributed by atoms with Crippen molar-refractivity contribution < 1.29 is 71.7 Å². The maximum atomic E-state index is 13.4. The van der Waals surface area contributed by atoms with E-state index in [0.717, 1.165) is 33.4 Å². The molecule has 0 aliphatic carbocycles. The largest absolute Gasteiger partial charge is 0.465 e. The molecule has 15 heteroatoms. The van der Waals surface area contributed by atoms with Crippen LogP contribution in [0.5, 0.6) is 0 Å². The normalized spacial score (nSPS) is 25.3. The van der Waals surface area contributed by atoms with Gasteiger partial charge < -0.3 is 47.7 Å². The van der Waals surface area contributed by atoms with Gasteiger partial charge in [-0.1, -0.05) is 37.3 Å². The molecule has 2 fully saturated rings. The molecular weight excluding hydrogens is 624 g/mol. The summed E-state index contributed by atoms with van der Waals surface area (Å²) in [5, 5.41) is 10.7. The second kappa shape index (κ2) is 17.5. The zero-order valence-electron chi connectivity index (χ0n) is 27.4. The molecule has 0 amide bonds. The topological polar surface area (TPSA) is 189 Å². The summed E-state index contributed by atoms with van der Waals surface area (Å²) in [5.41, 5.74) is 0.864. The minimum absolute atomic E-state index is 0.157. The van der Waals surface area contributed by atoms with Crippen molar-refractivity contribution in [2.75, 3.05) is 20.3 Å². The van der Waals surface area contributed by atoms with Crippen molar-refractivity contribution in [3.63, 3.8) is 0 Å². The summed E-state index contributed by atoms with van der Waals surface area (Å²) < 4.78 is 50.4. The quantitative estimate of drug-likeness (QED) is 0.143. The molecule has 1 N–H and O–H groups in total. The molecule has 9 atom stereocenters. The van der Waals surface area contributed by atoms with Crippen LogP contribution in [-0.2, 0) is 73.2 Å². The average Bonchev–Trinajstić information content (AvgIpc) is 3.41. The fraction of sp³-hybridized carbons (Fsp3) is 0.656. The van der Waals surface area contributed by atoms with Crippen molar-refractivity contribution >= 4 is 29.8 Å². The Labute approximate surface area is 273 Å². The van der Waals surface area contributed by atoms with Gasteiger partial charge >= 0.3 is 29.8 Å². The van der Waals surface area contributed by atoms with Gasteiger partial charge in [-0.25, -0.2) is 4.79 Å². The van der Waals surface area contributed by atoms with Crippen LogP contribution < -0.4 is 0 Å². The summed E-state index contributed by atoms with van der Waals surface area (Å²) in [6.07, 6.45) is -8.00. The third-order valence-electron chi connectivity index (χ3n) is 7.58. The van der Waals surface area contributed by atoms with Gasteiger partial charge in [0.05, 0.1) is 39.3 Å². The lowest BCUT2D eigenvalue weighted by Crippen LogP contribution is -2.62. The van der Waals surface area contributed by atoms with Gasteiger partial charge in [-0.15, -0.1) is 0 Å². The molecule has 47 heavy (non-hydrogen) atoms. The van der Waals surface area contributed by atoms with Crippen LogP contribution in [0.25, 0.3) is 0 Å². The van der Waals surface area contributed by atoms with Crippen LogP contribution in [0.15, 0.2) is 30.3 Å². The lowest BCUT2D eigenvalue weighted by Gasteiger charge is -2.46. The average molecular weight is 669 g/mol. The molecule has 9 unspecified atom stereocenters. The Hall–Kier alpha value is -3.63. The van der Waals surface area contributed by atoms with E-state index in [4.69, 9.17) is 42.6 Å². The number of methoxy groups -OCH3 is 1. The fourth-order valence-electron chi connectivity index (χ4n) is 5.49. The lowest BCUT2D eigenvalue weighted by molar-refractivity contribution is -0.322. The molecule has 0 saturated carbocycles. The van der Waals surface area contributed by atoms with Gasteiger partial charge in [0.25, 0.3) is 5.79 Å². The Morgan fingerprint density at radius 3 is 2.28 bits per heavy atom. The first-order chi connectivity index (χ1) is 22.3. The van der Waals surface area contributed by atoms with E-state index in [9.17, 15) is 29.1 Å². The first kappa shape index (κ1) is 37.8. The highest BCUT2D eigenvalue weighted by Gasteiger charge is 2.61. The van der Waals surface area contributed by atoms with Gasteiger partial charge in [-0.3, -0.25) is 19.2 Å². The first-order valence-electron chi connectivity index (χ1n) is 15.3. The monoisotopic (exact) mass is 668 g/mol. The number of fused-ring (bicyclic) bond motifs is 1. The summed E-state index contributed by atoms with van der Waals surface area (Å²) in [4.78, 5) is 61.8. The van der Waals surface area contributed by atoms with Crippen molar-refractivity contribution in [2.45, 2.75) is 109 Å². The van der Waals surface area contributed by atoms with Crippen LogP contribution >= 0.6 is 0 Å². The standard InChI is InChI=1S/C32H44O15/c1-7-24(30(37)41-16-22-11-9-8-10-12-22)43-18(2)15-42-32(31(38)39-6)14-25-23(13-27(36)46-25)28(47-32)29(45-21(5)35)26(44-20(4)34)17-40-19(3)33/h8-12,18,23-26,28-30,37H,7,13-17H2,1-6H3. The SMILES string of the molecule is CCC(OC(C)COC1(C(=O)OC)CC2OC(=O)CC2C(C(OC(C)=O)C(COC(C)=O)OC(C)=O)O1)C(O)OCc1ccccc1. The Kier molecular flexibility index (Phi) is 14.1. The number of hydrogen-bond acceptors (Lipinski definition) is 15. The highest BCUT2D eigenvalue weighted by atomic mass is 16.7. The van der Waals surface area contributed by atoms with Crippen LogP contribution in [0.1, 0.15) is 59.4 Å². The molecule has 0 aromatic heterocycles. The molecule has 15 nitrogen and oxygen atoms in total. The van der Waals surface area contributed by atoms with E-state index in [1.165, 1.54) is 0 Å². The third kappa shape index (κ3) is 10.7. The minimum Gasteiger partial charge on any atom is -0.465 e. The maximum Gasteiger partial charge on any atom is 0.366 e. The van der Waals surface area contributed by atoms with E-state index in [1.54, 1.807) is 13.8 Å². The highest BCUT2D eigenvalue weighted by molar-refractivity contribution is 5.79. The van der Waals surface area contributed by atoms with Gasteiger partial charge in [0, 0.05) is 26.7 Å². The molecule has 3 rings (SSSR count). The number of ether oxygens (including phenoxy) is 9. The Balaban J connectivity index is 1.84. The zero-order chi connectivity index (χ0) is 34.7. The molecule has 262 valence electrons. The van der Waals surface area contributed by atoms with E-state index in [2.05, 4.69) is 0 Å². The van der Waals surface area contributed by atoms with Crippen molar-refractivity contribution in [3.8, 4) is 0 Å². The molecule has 2 saturated heterocycles. The molecule has 1 aromatic carbocycles. The van der Waals surface area contributed by atoms with Gasteiger partial charge in [0.15, 0.2) is 18.5 Å². The number of carbonyl (C=O) groups excluding carboxylic acids is 5. The summed E-state index contributed by atoms with van der Waals surface area (Å²) in [6.45, 7) is 6.16. The smallest absolute Gasteiger partial charge is 0.366 e. The number of rotatable bonds is 17. The molecule has 0 bridgehead atoms. The Morgan fingerprint density at radius 2 is 1.68 bits per heavy atom. The van der Waals surface area contributed by atoms with Crippen LogP contribution in [0.2, 0.25) is 0 Å². The van der Waals surface area contributed by atoms with Crippen molar-refractivity contribution in [1.82, 2.24) is 0 Å². The summed E-state index contributed by atoms with van der Waals surface area (Å²) in [5.74, 6) is -6.87. The van der Waals surface area contributed by atoms with Gasteiger partial charge in [0.2, 0.25) is 0 Å². The van der Waals surface area contributed by atoms with Crippen molar-refractivity contribution in [3.05, 3.63) is 35.9 Å². The number of hydrogen-bond donors (Lipinski definition) is 1. The van der Waals surface area contributed by atoms with E-state index >= 15 is 0 Å². The number of carbonyl (C=O) groups is 5. The van der Waals surface area contributed by atoms with E-state index < -0.39 is 91.1 Å². The van der Waals surface area contributed by atoms with Crippen LogP contribution in [-0.4, -0.2) is 104 Å². The minimum atomic E-state index is -2.20. The zero-order valence-corrected chi connectivity index (χ0v) is 27.4. The van der Waals surface area contributed by atoms with Crippen LogP contribution in [0, 0.1) is 5.92 Å². The first-order valence-corrected chi connectivity index (χ1v) is 15.3. The number of esters is 5. The van der Waals surface area contributed by atoms with Crippen LogP contribution in [0.3, 0.4) is 0 Å². The van der Waals surface area contributed by atoms with E-state index in [0.29, 0.717) is 6.42 Å². The lowest BCUT2D eigenvalue weighted by atomic mass is 9.82. The molecule has 0 spiro atoms. The van der Waals surface area contributed by atoms with Gasteiger partial charge in [-0.05, 0) is 18.9 Å². The second-order valence-corrected chi connectivity index (χ2v) is 11.3. The van der Waals surface area contributed by atoms with E-state index in [-0.39, 0.29) is 26.1 Å². The van der Waals surface area contributed by atoms with Gasteiger partial charge in [-0.2, -0.15) is 0 Å². The summed E-state index contributed by atoms with van der Waals surface area (Å²) in [6, 6.07) is 9.29. The van der Waals surface area contributed by atoms with Crippen molar-refractivity contribution in [2.24, 2.45) is 5.92 Å². The van der Waals surface area contributed by atoms with Crippen LogP contribution in [0.4, 0.5) is 0 Å². The highest BCUT2D eigenvalue weighted by Crippen LogP contribution is 2.44. The molecular formula is C32H44O15. The second-order valence-electron chi connectivity index (χ2n) is 11.3. The van der Waals surface area contributed by atoms with Crippen molar-refractivity contribution in [1.29, 1.82) is 0 Å². The van der Waals surface area contributed by atoms with Gasteiger partial charge in [0.1, 0.15) is 24.9 Å². The number of aliphatic hydroxyl groups excluding tert-OH is 1. The predicted octanol–water partition coefficient (Wildman–Crippen LogP) is 1.74. The molecule has 2 heterocycles. The fourth-order valence-corrected chi connectivity index (χ4v) is 5.49. The Bertz CT molecular complexity index is 1220. The summed E-state index contributed by atoms with van der Waals surface area (Å²) in [7, 11) is 1.11. The molecule has 0 radical (unpaired) electrons. The third-order valence-corrected chi connectivity index (χ3v) is 7.58. The Morgan fingerprint density at radius 1 is 1.00 bits per heavy atom. The molecule has 2 aliphatic rings. The number of benzene rings is 1. The molecule has 1 aromatic rings. The molecule has 2 aliphatic heterocycles. The number of aliphatic hydroxyl groups is 1.